The molecule has 2 amide bonds. The number of halogens is 1. The van der Waals surface area contributed by atoms with Crippen molar-refractivity contribution in [2.45, 2.75) is 51.4 Å². The summed E-state index contributed by atoms with van der Waals surface area (Å²) in [4.78, 5) is 31.2. The van der Waals surface area contributed by atoms with Crippen LogP contribution in [0, 0.1) is 11.3 Å². The fourth-order valence-electron chi connectivity index (χ4n) is 2.47. The van der Waals surface area contributed by atoms with Crippen molar-refractivity contribution in [3.63, 3.8) is 0 Å². The zero-order chi connectivity index (χ0) is 19.4. The van der Waals surface area contributed by atoms with Crippen LogP contribution >= 0.6 is 23.4 Å². The summed E-state index contributed by atoms with van der Waals surface area (Å²) in [6.45, 7) is 7.75. The number of anilines is 1. The number of hydrogen-bond acceptors (Lipinski definition) is 5. The first-order valence-electron chi connectivity index (χ1n) is 8.30. The minimum atomic E-state index is -0.497. The van der Waals surface area contributed by atoms with Gasteiger partial charge in [-0.05, 0) is 45.9 Å². The SMILES string of the molecule is CC(C)N=C1SC(CC(=O)Nc2ccc(C#N)c(Cl)c2)C(=O)N1C(C)C. The highest BCUT2D eigenvalue weighted by Gasteiger charge is 2.40. The molecule has 8 heteroatoms. The van der Waals surface area contributed by atoms with Gasteiger partial charge < -0.3 is 5.32 Å². The number of nitrogens with one attached hydrogen (secondary N) is 1. The molecule has 138 valence electrons. The molecule has 1 N–H and O–H groups in total. The van der Waals surface area contributed by atoms with Crippen LogP contribution in [0.25, 0.3) is 0 Å². The highest BCUT2D eigenvalue weighted by molar-refractivity contribution is 8.15. The minimum absolute atomic E-state index is 0.0158. The zero-order valence-corrected chi connectivity index (χ0v) is 16.7. The van der Waals surface area contributed by atoms with Crippen LogP contribution < -0.4 is 5.32 Å². The van der Waals surface area contributed by atoms with Gasteiger partial charge in [0.2, 0.25) is 11.8 Å². The predicted octanol–water partition coefficient (Wildman–Crippen LogP) is 3.66. The van der Waals surface area contributed by atoms with Gasteiger partial charge in [-0.2, -0.15) is 5.26 Å². The Kier molecular flexibility index (Phi) is 6.68. The molecule has 2 rings (SSSR count). The van der Waals surface area contributed by atoms with E-state index in [9.17, 15) is 9.59 Å². The third kappa shape index (κ3) is 4.77. The molecule has 1 aromatic carbocycles. The van der Waals surface area contributed by atoms with E-state index in [1.807, 2.05) is 33.8 Å². The highest BCUT2D eigenvalue weighted by Crippen LogP contribution is 2.32. The maximum absolute atomic E-state index is 12.7. The molecule has 0 saturated carbocycles. The molecule has 0 bridgehead atoms. The lowest BCUT2D eigenvalue weighted by molar-refractivity contribution is -0.129. The fraction of sp³-hybridized carbons (Fsp3) is 0.444. The molecular formula is C18H21ClN4O2S. The van der Waals surface area contributed by atoms with Gasteiger partial charge in [0.1, 0.15) is 11.3 Å². The third-order valence-corrected chi connectivity index (χ3v) is 5.07. The lowest BCUT2D eigenvalue weighted by atomic mass is 10.2. The van der Waals surface area contributed by atoms with Crippen LogP contribution in [0.15, 0.2) is 23.2 Å². The summed E-state index contributed by atoms with van der Waals surface area (Å²) in [5.74, 6) is -0.386. The summed E-state index contributed by atoms with van der Waals surface area (Å²) in [6.07, 6.45) is 0.0431. The van der Waals surface area contributed by atoms with Gasteiger partial charge in [-0.15, -0.1) is 0 Å². The van der Waals surface area contributed by atoms with Crippen molar-refractivity contribution >= 4 is 46.0 Å². The van der Waals surface area contributed by atoms with Crippen molar-refractivity contribution in [2.75, 3.05) is 5.32 Å². The summed E-state index contributed by atoms with van der Waals surface area (Å²) < 4.78 is 0. The number of amides is 2. The summed E-state index contributed by atoms with van der Waals surface area (Å²) in [6, 6.07) is 6.69. The first-order valence-corrected chi connectivity index (χ1v) is 9.55. The average molecular weight is 393 g/mol. The summed E-state index contributed by atoms with van der Waals surface area (Å²) in [5.41, 5.74) is 0.833. The highest BCUT2D eigenvalue weighted by atomic mass is 35.5. The van der Waals surface area contributed by atoms with Crippen LogP contribution in [0.2, 0.25) is 5.02 Å². The van der Waals surface area contributed by atoms with Gasteiger partial charge in [-0.25, -0.2) is 0 Å². The Morgan fingerprint density at radius 2 is 2.12 bits per heavy atom. The molecular weight excluding hydrogens is 372 g/mol. The monoisotopic (exact) mass is 392 g/mol. The molecule has 1 fully saturated rings. The smallest absolute Gasteiger partial charge is 0.242 e. The number of benzene rings is 1. The molecule has 1 aliphatic heterocycles. The summed E-state index contributed by atoms with van der Waals surface area (Å²) in [7, 11) is 0. The number of thioether (sulfide) groups is 1. The van der Waals surface area contributed by atoms with Crippen LogP contribution in [-0.4, -0.2) is 39.2 Å². The van der Waals surface area contributed by atoms with E-state index in [0.29, 0.717) is 16.4 Å². The zero-order valence-electron chi connectivity index (χ0n) is 15.1. The predicted molar refractivity (Wildman–Crippen MR) is 105 cm³/mol. The summed E-state index contributed by atoms with van der Waals surface area (Å²) in [5, 5.41) is 12.1. The molecule has 0 aromatic heterocycles. The van der Waals surface area contributed by atoms with Crippen molar-refractivity contribution in [1.29, 1.82) is 5.26 Å². The Bertz CT molecular complexity index is 786. The van der Waals surface area contributed by atoms with Gasteiger partial charge in [0.25, 0.3) is 0 Å². The number of carbonyl (C=O) groups excluding carboxylic acids is 2. The molecule has 26 heavy (non-hydrogen) atoms. The topological polar surface area (TPSA) is 85.6 Å². The average Bonchev–Trinajstić information content (AvgIpc) is 2.82. The van der Waals surface area contributed by atoms with E-state index in [-0.39, 0.29) is 35.3 Å². The number of amidine groups is 1. The molecule has 0 radical (unpaired) electrons. The molecule has 6 nitrogen and oxygen atoms in total. The van der Waals surface area contributed by atoms with E-state index in [0.717, 1.165) is 0 Å². The van der Waals surface area contributed by atoms with Crippen molar-refractivity contribution in [1.82, 2.24) is 4.90 Å². The molecule has 1 heterocycles. The molecule has 1 aromatic rings. The number of rotatable bonds is 5. The molecule has 1 aliphatic rings. The van der Waals surface area contributed by atoms with Crippen LogP contribution in [0.5, 0.6) is 0 Å². The maximum atomic E-state index is 12.7. The van der Waals surface area contributed by atoms with Crippen LogP contribution in [0.1, 0.15) is 39.7 Å². The van der Waals surface area contributed by atoms with Crippen LogP contribution in [-0.2, 0) is 9.59 Å². The number of hydrogen-bond donors (Lipinski definition) is 1. The molecule has 1 saturated heterocycles. The Morgan fingerprint density at radius 1 is 1.42 bits per heavy atom. The lowest BCUT2D eigenvalue weighted by Crippen LogP contribution is -2.38. The first kappa shape index (κ1) is 20.3. The van der Waals surface area contributed by atoms with Crippen LogP contribution in [0.3, 0.4) is 0 Å². The fourth-order valence-corrected chi connectivity index (χ4v) is 4.08. The van der Waals surface area contributed by atoms with Gasteiger partial charge in [0.15, 0.2) is 5.17 Å². The molecule has 0 aliphatic carbocycles. The van der Waals surface area contributed by atoms with Crippen LogP contribution in [0.4, 0.5) is 5.69 Å². The van der Waals surface area contributed by atoms with Gasteiger partial charge >= 0.3 is 0 Å². The third-order valence-electron chi connectivity index (χ3n) is 3.60. The normalized spacial score (nSPS) is 18.7. The Hall–Kier alpha value is -2.04. The van der Waals surface area contributed by atoms with E-state index < -0.39 is 5.25 Å². The second kappa shape index (κ2) is 8.56. The second-order valence-electron chi connectivity index (χ2n) is 6.47. The standard InChI is InChI=1S/C18H21ClN4O2S/c1-10(2)21-18-23(11(3)4)17(25)15(26-18)8-16(24)22-13-6-5-12(9-20)14(19)7-13/h5-7,10-11,15H,8H2,1-4H3,(H,22,24). The van der Waals surface area contributed by atoms with E-state index in [1.165, 1.54) is 17.8 Å². The van der Waals surface area contributed by atoms with Crippen molar-refractivity contribution in [3.05, 3.63) is 28.8 Å². The number of nitriles is 1. The quantitative estimate of drug-likeness (QED) is 0.828. The van der Waals surface area contributed by atoms with Crippen molar-refractivity contribution < 1.29 is 9.59 Å². The first-order chi connectivity index (χ1) is 12.2. The number of nitrogens with zero attached hydrogens (tertiary/aromatic N) is 3. The second-order valence-corrected chi connectivity index (χ2v) is 8.05. The lowest BCUT2D eigenvalue weighted by Gasteiger charge is -2.21. The Morgan fingerprint density at radius 3 is 2.65 bits per heavy atom. The Balaban J connectivity index is 2.08. The van der Waals surface area contributed by atoms with Gasteiger partial charge in [0.05, 0.1) is 10.6 Å². The van der Waals surface area contributed by atoms with E-state index in [2.05, 4.69) is 10.3 Å². The van der Waals surface area contributed by atoms with E-state index in [1.54, 1.807) is 17.0 Å². The van der Waals surface area contributed by atoms with Gasteiger partial charge in [-0.3, -0.25) is 19.5 Å². The van der Waals surface area contributed by atoms with Crippen molar-refractivity contribution in [2.24, 2.45) is 4.99 Å². The van der Waals surface area contributed by atoms with Gasteiger partial charge in [-0.1, -0.05) is 23.4 Å². The number of aliphatic imine (C=N–C) groups is 1. The Labute approximate surface area is 162 Å². The maximum Gasteiger partial charge on any atom is 0.242 e. The molecule has 0 spiro atoms. The summed E-state index contributed by atoms with van der Waals surface area (Å²) >= 11 is 7.30. The number of carbonyl (C=O) groups is 2. The largest absolute Gasteiger partial charge is 0.326 e. The minimum Gasteiger partial charge on any atom is -0.326 e. The van der Waals surface area contributed by atoms with Crippen molar-refractivity contribution in [3.8, 4) is 6.07 Å². The van der Waals surface area contributed by atoms with E-state index in [4.69, 9.17) is 16.9 Å². The molecule has 1 unspecified atom stereocenters. The van der Waals surface area contributed by atoms with E-state index >= 15 is 0 Å². The van der Waals surface area contributed by atoms with Gasteiger partial charge in [0, 0.05) is 24.2 Å². The molecule has 1 atom stereocenters.